The molecule has 0 unspecified atom stereocenters. The molecule has 4 aromatic rings. The molecule has 0 fully saturated rings. The summed E-state index contributed by atoms with van der Waals surface area (Å²) in [7, 11) is 1.89. The summed E-state index contributed by atoms with van der Waals surface area (Å²) in [6, 6.07) is 15.0. The number of aromatic nitrogens is 2. The van der Waals surface area contributed by atoms with Crippen molar-refractivity contribution in [2.24, 2.45) is 0 Å². The molecule has 4 heteroatoms. The number of fused-ring (bicyclic) bond motifs is 2. The standard InChI is InChI=1S/C24H21N3S.C3H8/c1-4-6-8-16(5-2)23-26-21-12-11-17(15-20(21)24(25-3)27-23)18-9-7-10-22-19(18)13-14-28-22;1-3-2/h4-15H,2H2,1,3H3,(H,25,26,27);3H2,1-2H3/b6-4-,16-8+;. The van der Waals surface area contributed by atoms with Crippen LogP contribution in [0.3, 0.4) is 0 Å². The Hall–Kier alpha value is -3.24. The third-order valence-corrected chi connectivity index (χ3v) is 5.57. The molecule has 0 aliphatic carbocycles. The molecule has 3 nitrogen and oxygen atoms in total. The van der Waals surface area contributed by atoms with Crippen LogP contribution in [0.1, 0.15) is 33.0 Å². The third kappa shape index (κ3) is 4.92. The van der Waals surface area contributed by atoms with Gasteiger partial charge >= 0.3 is 0 Å². The zero-order valence-electron chi connectivity index (χ0n) is 18.6. The van der Waals surface area contributed by atoms with Crippen LogP contribution in [0.4, 0.5) is 5.82 Å². The second kappa shape index (κ2) is 10.7. The van der Waals surface area contributed by atoms with E-state index in [2.05, 4.69) is 73.6 Å². The molecule has 158 valence electrons. The molecule has 0 saturated heterocycles. The minimum absolute atomic E-state index is 0.664. The summed E-state index contributed by atoms with van der Waals surface area (Å²) in [6.45, 7) is 10.1. The summed E-state index contributed by atoms with van der Waals surface area (Å²) in [5.74, 6) is 1.48. The fraction of sp³-hybridized carbons (Fsp3) is 0.185. The van der Waals surface area contributed by atoms with Gasteiger partial charge in [-0.1, -0.05) is 69.4 Å². The van der Waals surface area contributed by atoms with Crippen molar-refractivity contribution in [3.63, 3.8) is 0 Å². The number of hydrogen-bond acceptors (Lipinski definition) is 4. The van der Waals surface area contributed by atoms with Crippen molar-refractivity contribution in [3.8, 4) is 11.1 Å². The lowest BCUT2D eigenvalue weighted by Gasteiger charge is -2.11. The molecule has 1 N–H and O–H groups in total. The molecule has 2 aromatic carbocycles. The summed E-state index contributed by atoms with van der Waals surface area (Å²) in [4.78, 5) is 9.51. The molecule has 0 aliphatic heterocycles. The monoisotopic (exact) mass is 427 g/mol. The molecule has 0 radical (unpaired) electrons. The molecule has 4 rings (SSSR count). The van der Waals surface area contributed by atoms with Gasteiger partial charge in [0.15, 0.2) is 5.82 Å². The molecule has 0 bridgehead atoms. The lowest BCUT2D eigenvalue weighted by atomic mass is 10.0. The Morgan fingerprint density at radius 3 is 2.61 bits per heavy atom. The Kier molecular flexibility index (Phi) is 7.74. The zero-order valence-corrected chi connectivity index (χ0v) is 19.5. The summed E-state index contributed by atoms with van der Waals surface area (Å²) < 4.78 is 1.29. The normalized spacial score (nSPS) is 11.5. The maximum atomic E-state index is 4.77. The third-order valence-electron chi connectivity index (χ3n) is 4.69. The van der Waals surface area contributed by atoms with Gasteiger partial charge in [-0.2, -0.15) is 0 Å². The van der Waals surface area contributed by atoms with Crippen LogP contribution in [-0.2, 0) is 0 Å². The Bertz CT molecular complexity index is 1250. The second-order valence-electron chi connectivity index (χ2n) is 7.07. The van der Waals surface area contributed by atoms with Gasteiger partial charge in [0.1, 0.15) is 5.82 Å². The predicted molar refractivity (Wildman–Crippen MR) is 139 cm³/mol. The van der Waals surface area contributed by atoms with E-state index in [1.165, 1.54) is 22.1 Å². The number of rotatable bonds is 5. The smallest absolute Gasteiger partial charge is 0.162 e. The summed E-state index contributed by atoms with van der Waals surface area (Å²) in [5, 5.41) is 7.65. The van der Waals surface area contributed by atoms with Crippen molar-refractivity contribution in [3.05, 3.63) is 84.6 Å². The van der Waals surface area contributed by atoms with Gasteiger partial charge in [-0.05, 0) is 47.7 Å². The number of nitrogens with zero attached hydrogens (tertiary/aromatic N) is 2. The fourth-order valence-corrected chi connectivity index (χ4v) is 4.11. The van der Waals surface area contributed by atoms with E-state index < -0.39 is 0 Å². The molecule has 0 atom stereocenters. The summed E-state index contributed by atoms with van der Waals surface area (Å²) >= 11 is 1.76. The number of benzene rings is 2. The van der Waals surface area contributed by atoms with Gasteiger partial charge in [0.25, 0.3) is 0 Å². The molecule has 0 saturated carbocycles. The van der Waals surface area contributed by atoms with E-state index in [0.29, 0.717) is 5.82 Å². The Morgan fingerprint density at radius 2 is 1.90 bits per heavy atom. The highest BCUT2D eigenvalue weighted by molar-refractivity contribution is 7.17. The molecular formula is C27H29N3S. The van der Waals surface area contributed by atoms with Crippen LogP contribution in [0.2, 0.25) is 0 Å². The summed E-state index contributed by atoms with van der Waals surface area (Å²) in [6.07, 6.45) is 8.95. The lowest BCUT2D eigenvalue weighted by Crippen LogP contribution is -2.01. The van der Waals surface area contributed by atoms with Crippen LogP contribution < -0.4 is 5.32 Å². The van der Waals surface area contributed by atoms with Crippen LogP contribution in [0.15, 0.2) is 78.7 Å². The topological polar surface area (TPSA) is 37.8 Å². The molecular weight excluding hydrogens is 398 g/mol. The molecule has 31 heavy (non-hydrogen) atoms. The maximum absolute atomic E-state index is 4.77. The quantitative estimate of drug-likeness (QED) is 0.327. The van der Waals surface area contributed by atoms with Crippen LogP contribution in [0, 0.1) is 0 Å². The van der Waals surface area contributed by atoms with Crippen LogP contribution >= 0.6 is 11.3 Å². The van der Waals surface area contributed by atoms with Crippen LogP contribution in [0.25, 0.3) is 37.7 Å². The molecule has 0 spiro atoms. The molecule has 2 aromatic heterocycles. The van der Waals surface area contributed by atoms with Gasteiger partial charge in [-0.15, -0.1) is 11.3 Å². The van der Waals surface area contributed by atoms with E-state index in [1.807, 2.05) is 32.2 Å². The fourth-order valence-electron chi connectivity index (χ4n) is 3.30. The second-order valence-corrected chi connectivity index (χ2v) is 8.02. The first kappa shape index (κ1) is 22.4. The average Bonchev–Trinajstić information content (AvgIpc) is 3.28. The minimum atomic E-state index is 0.664. The van der Waals surface area contributed by atoms with Gasteiger partial charge in [-0.25, -0.2) is 9.97 Å². The van der Waals surface area contributed by atoms with Crippen LogP contribution in [0.5, 0.6) is 0 Å². The van der Waals surface area contributed by atoms with Crippen molar-refractivity contribution in [1.29, 1.82) is 0 Å². The summed E-state index contributed by atoms with van der Waals surface area (Å²) in [5.41, 5.74) is 4.19. The average molecular weight is 428 g/mol. The van der Waals surface area contributed by atoms with Crippen molar-refractivity contribution >= 4 is 43.7 Å². The van der Waals surface area contributed by atoms with Crippen molar-refractivity contribution in [1.82, 2.24) is 9.97 Å². The number of thiophene rings is 1. The van der Waals surface area contributed by atoms with E-state index >= 15 is 0 Å². The molecule has 0 amide bonds. The minimum Gasteiger partial charge on any atom is -0.373 e. The Labute approximate surface area is 188 Å². The Morgan fingerprint density at radius 1 is 1.10 bits per heavy atom. The lowest BCUT2D eigenvalue weighted by molar-refractivity contribution is 1.09. The number of allylic oxidation sites excluding steroid dienone is 5. The van der Waals surface area contributed by atoms with Crippen molar-refractivity contribution in [2.45, 2.75) is 27.2 Å². The van der Waals surface area contributed by atoms with Gasteiger partial charge in [0.05, 0.1) is 5.52 Å². The molecule has 0 aliphatic rings. The van der Waals surface area contributed by atoms with Gasteiger partial charge in [0, 0.05) is 28.1 Å². The van der Waals surface area contributed by atoms with Crippen molar-refractivity contribution < 1.29 is 0 Å². The maximum Gasteiger partial charge on any atom is 0.162 e. The first-order valence-corrected chi connectivity index (χ1v) is 11.5. The van der Waals surface area contributed by atoms with Gasteiger partial charge < -0.3 is 5.32 Å². The number of anilines is 1. The Balaban J connectivity index is 0.000000858. The van der Waals surface area contributed by atoms with E-state index in [0.717, 1.165) is 27.9 Å². The molecule has 2 heterocycles. The van der Waals surface area contributed by atoms with Crippen molar-refractivity contribution in [2.75, 3.05) is 12.4 Å². The highest BCUT2D eigenvalue weighted by Gasteiger charge is 2.11. The first-order valence-electron chi connectivity index (χ1n) is 10.6. The largest absolute Gasteiger partial charge is 0.373 e. The van der Waals surface area contributed by atoms with Crippen LogP contribution in [-0.4, -0.2) is 17.0 Å². The zero-order chi connectivity index (χ0) is 22.2. The van der Waals surface area contributed by atoms with Gasteiger partial charge in [-0.3, -0.25) is 0 Å². The van der Waals surface area contributed by atoms with E-state index in [4.69, 9.17) is 9.97 Å². The van der Waals surface area contributed by atoms with E-state index in [1.54, 1.807) is 17.4 Å². The highest BCUT2D eigenvalue weighted by atomic mass is 32.1. The number of hydrogen-bond donors (Lipinski definition) is 1. The number of nitrogens with one attached hydrogen (secondary N) is 1. The SMILES string of the molecule is C=C/C(=C\C=C/C)c1nc(NC)c2cc(-c3cccc4sccc34)ccc2n1.CCC. The first-order chi connectivity index (χ1) is 15.2. The van der Waals surface area contributed by atoms with E-state index in [9.17, 15) is 0 Å². The predicted octanol–water partition coefficient (Wildman–Crippen LogP) is 8.12. The highest BCUT2D eigenvalue weighted by Crippen LogP contribution is 2.34. The van der Waals surface area contributed by atoms with E-state index in [-0.39, 0.29) is 0 Å². The van der Waals surface area contributed by atoms with Gasteiger partial charge in [0.2, 0.25) is 0 Å².